The quantitative estimate of drug-likeness (QED) is 0.630. The number of para-hydroxylation sites is 1. The molecule has 1 saturated heterocycles. The molecule has 0 unspecified atom stereocenters. The van der Waals surface area contributed by atoms with E-state index in [4.69, 9.17) is 0 Å². The molecule has 168 valence electrons. The Morgan fingerprint density at radius 1 is 1.03 bits per heavy atom. The van der Waals surface area contributed by atoms with Crippen molar-refractivity contribution in [3.05, 3.63) is 59.7 Å². The number of amides is 1. The minimum absolute atomic E-state index is 0.203. The van der Waals surface area contributed by atoms with Gasteiger partial charge in [0, 0.05) is 44.5 Å². The minimum Gasteiger partial charge on any atom is -0.375 e. The summed E-state index contributed by atoms with van der Waals surface area (Å²) in [5.41, 5.74) is 2.33. The first-order valence-corrected chi connectivity index (χ1v) is 12.5. The summed E-state index contributed by atoms with van der Waals surface area (Å²) in [6.45, 7) is 4.27. The zero-order valence-corrected chi connectivity index (χ0v) is 19.3. The summed E-state index contributed by atoms with van der Waals surface area (Å²) < 4.78 is 27.7. The van der Waals surface area contributed by atoms with E-state index in [1.807, 2.05) is 32.2 Å². The van der Waals surface area contributed by atoms with Crippen LogP contribution >= 0.6 is 0 Å². The number of sulfonamides is 1. The fourth-order valence-corrected chi connectivity index (χ4v) is 5.41. The highest BCUT2D eigenvalue weighted by molar-refractivity contribution is 7.89. The second kappa shape index (κ2) is 10.8. The van der Waals surface area contributed by atoms with Crippen molar-refractivity contribution in [1.82, 2.24) is 9.62 Å². The van der Waals surface area contributed by atoms with Gasteiger partial charge in [0.2, 0.25) is 10.0 Å². The summed E-state index contributed by atoms with van der Waals surface area (Å²) in [6.07, 6.45) is 4.69. The zero-order chi connectivity index (χ0) is 22.3. The molecule has 31 heavy (non-hydrogen) atoms. The Morgan fingerprint density at radius 2 is 1.71 bits per heavy atom. The van der Waals surface area contributed by atoms with Crippen molar-refractivity contribution in [2.24, 2.45) is 0 Å². The third-order valence-electron chi connectivity index (χ3n) is 5.81. The van der Waals surface area contributed by atoms with E-state index in [1.165, 1.54) is 6.07 Å². The average molecular weight is 444 g/mol. The lowest BCUT2D eigenvalue weighted by Gasteiger charge is -2.21. The topological polar surface area (TPSA) is 69.7 Å². The van der Waals surface area contributed by atoms with Crippen LogP contribution in [0.15, 0.2) is 53.4 Å². The first kappa shape index (κ1) is 23.3. The molecule has 7 heteroatoms. The predicted molar refractivity (Wildman–Crippen MR) is 125 cm³/mol. The average Bonchev–Trinajstić information content (AvgIpc) is 3.07. The fraction of sp³-hybridized carbons (Fsp3) is 0.458. The molecule has 1 fully saturated rings. The minimum atomic E-state index is -3.58. The molecule has 0 spiro atoms. The summed E-state index contributed by atoms with van der Waals surface area (Å²) in [6, 6.07) is 15.0. The number of rotatable bonds is 8. The van der Waals surface area contributed by atoms with Gasteiger partial charge in [-0.1, -0.05) is 37.1 Å². The number of anilines is 1. The molecule has 1 heterocycles. The van der Waals surface area contributed by atoms with E-state index in [2.05, 4.69) is 22.3 Å². The molecule has 0 aliphatic carbocycles. The Morgan fingerprint density at radius 3 is 2.39 bits per heavy atom. The first-order valence-electron chi connectivity index (χ1n) is 11.0. The number of nitrogens with one attached hydrogen (secondary N) is 1. The highest BCUT2D eigenvalue weighted by Gasteiger charge is 2.26. The molecule has 1 aliphatic rings. The largest absolute Gasteiger partial charge is 0.375 e. The van der Waals surface area contributed by atoms with Crippen molar-refractivity contribution in [3.63, 3.8) is 0 Å². The molecule has 2 aromatic carbocycles. The molecule has 6 nitrogen and oxygen atoms in total. The highest BCUT2D eigenvalue weighted by atomic mass is 32.2. The molecular formula is C24H33N3O3S. The number of nitrogens with zero attached hydrogens (tertiary/aromatic N) is 2. The molecular weight excluding hydrogens is 410 g/mol. The Labute approximate surface area is 186 Å². The van der Waals surface area contributed by atoms with Crippen LogP contribution < -0.4 is 10.2 Å². The monoisotopic (exact) mass is 443 g/mol. The summed E-state index contributed by atoms with van der Waals surface area (Å²) >= 11 is 0. The van der Waals surface area contributed by atoms with Crippen LogP contribution in [0.3, 0.4) is 0 Å². The van der Waals surface area contributed by atoms with Crippen molar-refractivity contribution in [3.8, 4) is 0 Å². The Kier molecular flexibility index (Phi) is 8.09. The zero-order valence-electron chi connectivity index (χ0n) is 18.5. The lowest BCUT2D eigenvalue weighted by molar-refractivity contribution is 0.0952. The van der Waals surface area contributed by atoms with Gasteiger partial charge in [-0.3, -0.25) is 4.79 Å². The number of benzene rings is 2. The number of carbonyl (C=O) groups excluding carboxylic acids is 1. The van der Waals surface area contributed by atoms with E-state index < -0.39 is 10.0 Å². The van der Waals surface area contributed by atoms with Crippen LogP contribution in [0.1, 0.15) is 48.0 Å². The van der Waals surface area contributed by atoms with Gasteiger partial charge in [-0.05, 0) is 56.0 Å². The van der Waals surface area contributed by atoms with Crippen molar-refractivity contribution >= 4 is 21.6 Å². The van der Waals surface area contributed by atoms with Gasteiger partial charge in [-0.15, -0.1) is 0 Å². The smallest absolute Gasteiger partial charge is 0.251 e. The van der Waals surface area contributed by atoms with Crippen LogP contribution in [-0.2, 0) is 10.0 Å². The van der Waals surface area contributed by atoms with Crippen LogP contribution in [0.25, 0.3) is 0 Å². The van der Waals surface area contributed by atoms with Gasteiger partial charge < -0.3 is 10.2 Å². The molecule has 1 N–H and O–H groups in total. The first-order chi connectivity index (χ1) is 14.9. The number of hydrogen-bond acceptors (Lipinski definition) is 4. The number of hydrogen-bond donors (Lipinski definition) is 1. The normalized spacial score (nSPS) is 15.3. The SMILES string of the molecule is Cc1ccc(S(=O)(=O)N2CCCCCC2)cc1C(=O)NCCCN(C)c1ccccc1. The van der Waals surface area contributed by atoms with Gasteiger partial charge in [0.25, 0.3) is 5.91 Å². The number of carbonyl (C=O) groups is 1. The predicted octanol–water partition coefficient (Wildman–Crippen LogP) is 3.82. The molecule has 1 amide bonds. The van der Waals surface area contributed by atoms with Gasteiger partial charge in [0.15, 0.2) is 0 Å². The van der Waals surface area contributed by atoms with Crippen molar-refractivity contribution in [2.75, 3.05) is 38.1 Å². The summed E-state index contributed by atoms with van der Waals surface area (Å²) in [7, 11) is -1.55. The van der Waals surface area contributed by atoms with E-state index >= 15 is 0 Å². The van der Waals surface area contributed by atoms with Crippen LogP contribution in [0, 0.1) is 6.92 Å². The molecule has 0 saturated carbocycles. The second-order valence-electron chi connectivity index (χ2n) is 8.16. The fourth-order valence-electron chi connectivity index (χ4n) is 3.86. The van der Waals surface area contributed by atoms with Gasteiger partial charge in [-0.2, -0.15) is 4.31 Å². The Hall–Kier alpha value is -2.38. The highest BCUT2D eigenvalue weighted by Crippen LogP contribution is 2.22. The third kappa shape index (κ3) is 6.08. The standard InChI is InChI=1S/C24H33N3O3S/c1-20-13-14-22(31(29,30)27-17-8-3-4-9-18-27)19-23(20)24(28)25-15-10-16-26(2)21-11-6-5-7-12-21/h5-7,11-14,19H,3-4,8-10,15-18H2,1-2H3,(H,25,28). The second-order valence-corrected chi connectivity index (χ2v) is 10.1. The van der Waals surface area contributed by atoms with E-state index in [0.717, 1.165) is 49.9 Å². The maximum absolute atomic E-state index is 13.1. The molecule has 0 atom stereocenters. The van der Waals surface area contributed by atoms with Crippen LogP contribution in [-0.4, -0.2) is 51.9 Å². The molecule has 3 rings (SSSR count). The molecule has 0 bridgehead atoms. The van der Waals surface area contributed by atoms with Gasteiger partial charge >= 0.3 is 0 Å². The van der Waals surface area contributed by atoms with Gasteiger partial charge in [-0.25, -0.2) is 8.42 Å². The molecule has 0 aromatic heterocycles. The molecule has 0 radical (unpaired) electrons. The van der Waals surface area contributed by atoms with Crippen LogP contribution in [0.2, 0.25) is 0 Å². The summed E-state index contributed by atoms with van der Waals surface area (Å²) in [5.74, 6) is -0.229. The van der Waals surface area contributed by atoms with Crippen molar-refractivity contribution < 1.29 is 13.2 Å². The van der Waals surface area contributed by atoms with E-state index in [0.29, 0.717) is 25.2 Å². The Bertz CT molecular complexity index is 969. The molecule has 1 aliphatic heterocycles. The lowest BCUT2D eigenvalue weighted by Crippen LogP contribution is -2.32. The summed E-state index contributed by atoms with van der Waals surface area (Å²) in [5, 5.41) is 2.94. The van der Waals surface area contributed by atoms with Crippen LogP contribution in [0.4, 0.5) is 5.69 Å². The summed E-state index contributed by atoms with van der Waals surface area (Å²) in [4.78, 5) is 15.1. The lowest BCUT2D eigenvalue weighted by atomic mass is 10.1. The third-order valence-corrected chi connectivity index (χ3v) is 7.70. The van der Waals surface area contributed by atoms with Crippen LogP contribution in [0.5, 0.6) is 0 Å². The Balaban J connectivity index is 1.61. The molecule has 2 aromatic rings. The van der Waals surface area contributed by atoms with Crippen molar-refractivity contribution in [2.45, 2.75) is 43.9 Å². The number of aryl methyl sites for hydroxylation is 1. The van der Waals surface area contributed by atoms with Gasteiger partial charge in [0.1, 0.15) is 0 Å². The van der Waals surface area contributed by atoms with Gasteiger partial charge in [0.05, 0.1) is 4.90 Å². The van der Waals surface area contributed by atoms with Crippen molar-refractivity contribution in [1.29, 1.82) is 0 Å². The van der Waals surface area contributed by atoms with E-state index in [1.54, 1.807) is 16.4 Å². The van der Waals surface area contributed by atoms with E-state index in [9.17, 15) is 13.2 Å². The maximum Gasteiger partial charge on any atom is 0.251 e. The van der Waals surface area contributed by atoms with E-state index in [-0.39, 0.29) is 10.8 Å². The maximum atomic E-state index is 13.1.